The molecule has 2 nitrogen and oxygen atoms in total. The van der Waals surface area contributed by atoms with Gasteiger partial charge in [0.15, 0.2) is 0 Å². The lowest BCUT2D eigenvalue weighted by Crippen LogP contribution is -2.15. The number of rotatable bonds is 4. The molecule has 0 N–H and O–H groups in total. The van der Waals surface area contributed by atoms with Gasteiger partial charge in [-0.1, -0.05) is 152 Å². The summed E-state index contributed by atoms with van der Waals surface area (Å²) in [6.45, 7) is 0. The maximum Gasteiger partial charge on any atom is 0.135 e. The van der Waals surface area contributed by atoms with E-state index in [0.717, 1.165) is 33.3 Å². The number of hydrogen-bond donors (Lipinski definition) is 0. The smallest absolute Gasteiger partial charge is 0.135 e. The molecule has 2 unspecified atom stereocenters. The molecule has 0 fully saturated rings. The molecule has 1 aliphatic heterocycles. The molecule has 9 aromatic rings. The second kappa shape index (κ2) is 11.4. The van der Waals surface area contributed by atoms with Gasteiger partial charge in [-0.05, 0) is 90.8 Å². The first-order valence-electron chi connectivity index (χ1n) is 18.0. The first kappa shape index (κ1) is 29.1. The first-order chi connectivity index (χ1) is 25.8. The van der Waals surface area contributed by atoms with Crippen molar-refractivity contribution in [2.24, 2.45) is 0 Å². The Morgan fingerprint density at radius 1 is 0.385 bits per heavy atom. The minimum atomic E-state index is -0.0582. The van der Waals surface area contributed by atoms with Crippen LogP contribution in [0.3, 0.4) is 0 Å². The van der Waals surface area contributed by atoms with E-state index in [2.05, 4.69) is 170 Å². The second-order valence-electron chi connectivity index (χ2n) is 13.8. The van der Waals surface area contributed by atoms with Crippen molar-refractivity contribution in [3.05, 3.63) is 188 Å². The zero-order valence-corrected chi connectivity index (χ0v) is 28.3. The van der Waals surface area contributed by atoms with Crippen LogP contribution in [0.4, 0.5) is 0 Å². The average molecular weight is 665 g/mol. The van der Waals surface area contributed by atoms with Crippen LogP contribution >= 0.6 is 0 Å². The normalized spacial score (nSPS) is 16.1. The summed E-state index contributed by atoms with van der Waals surface area (Å²) in [6.07, 6.45) is 8.75. The van der Waals surface area contributed by atoms with E-state index in [0.29, 0.717) is 0 Å². The SMILES string of the molecule is C1=CC2Oc3c(-c4ccccc4-c4ccccc4)ccc(-c4c5ccccc5c(-c5ccc6oc7ccccc7c6c5)c5ccccc45)c3C2C=C1. The molecule has 11 rings (SSSR count). The summed E-state index contributed by atoms with van der Waals surface area (Å²) in [5.74, 6) is 1.08. The molecule has 0 bridgehead atoms. The summed E-state index contributed by atoms with van der Waals surface area (Å²) >= 11 is 0. The van der Waals surface area contributed by atoms with E-state index in [1.54, 1.807) is 0 Å². The van der Waals surface area contributed by atoms with E-state index in [1.165, 1.54) is 66.1 Å². The maximum atomic E-state index is 6.99. The van der Waals surface area contributed by atoms with Crippen molar-refractivity contribution in [3.8, 4) is 50.3 Å². The van der Waals surface area contributed by atoms with Crippen LogP contribution in [0.5, 0.6) is 5.75 Å². The summed E-state index contributed by atoms with van der Waals surface area (Å²) in [5.41, 5.74) is 12.7. The molecule has 52 heavy (non-hydrogen) atoms. The third-order valence-corrected chi connectivity index (χ3v) is 11.0. The third-order valence-electron chi connectivity index (χ3n) is 11.0. The molecule has 2 heteroatoms. The Morgan fingerprint density at radius 2 is 0.981 bits per heavy atom. The highest BCUT2D eigenvalue weighted by molar-refractivity contribution is 6.22. The fraction of sp³-hybridized carbons (Fsp3) is 0.0400. The van der Waals surface area contributed by atoms with Gasteiger partial charge in [-0.25, -0.2) is 0 Å². The largest absolute Gasteiger partial charge is 0.484 e. The topological polar surface area (TPSA) is 22.4 Å². The number of hydrogen-bond acceptors (Lipinski definition) is 2. The standard InChI is InChI=1S/C50H32O2/c1-2-14-31(15-3-1)33-16-4-5-17-34(33)40-27-28-42(49-41-23-11-13-25-45(41)52-50(40)49)48-38-21-8-6-19-36(38)47(37-20-7-9-22-39(37)48)32-26-29-46-43(30-32)35-18-10-12-24-44(35)51-46/h1-30,41,45H. The average Bonchev–Trinajstić information content (AvgIpc) is 3.79. The molecular formula is C50H32O2. The molecule has 0 spiro atoms. The summed E-state index contributed by atoms with van der Waals surface area (Å²) < 4.78 is 13.2. The van der Waals surface area contributed by atoms with E-state index >= 15 is 0 Å². The number of ether oxygens (including phenoxy) is 1. The van der Waals surface area contributed by atoms with Gasteiger partial charge in [0.1, 0.15) is 23.0 Å². The van der Waals surface area contributed by atoms with Crippen LogP contribution in [-0.4, -0.2) is 6.10 Å². The number of benzene rings is 8. The summed E-state index contributed by atoms with van der Waals surface area (Å²) in [4.78, 5) is 0. The van der Waals surface area contributed by atoms with Gasteiger partial charge in [-0.3, -0.25) is 0 Å². The molecule has 0 radical (unpaired) electrons. The zero-order valence-electron chi connectivity index (χ0n) is 28.3. The predicted molar refractivity (Wildman–Crippen MR) is 216 cm³/mol. The molecule has 1 aliphatic carbocycles. The number of fused-ring (bicyclic) bond motifs is 8. The second-order valence-corrected chi connectivity index (χ2v) is 13.8. The van der Waals surface area contributed by atoms with Crippen molar-refractivity contribution < 1.29 is 9.15 Å². The van der Waals surface area contributed by atoms with Gasteiger partial charge in [0.2, 0.25) is 0 Å². The van der Waals surface area contributed by atoms with Crippen molar-refractivity contribution in [1.29, 1.82) is 0 Å². The molecule has 2 atom stereocenters. The highest BCUT2D eigenvalue weighted by Gasteiger charge is 2.37. The fourth-order valence-electron chi connectivity index (χ4n) is 8.78. The fourth-order valence-corrected chi connectivity index (χ4v) is 8.78. The van der Waals surface area contributed by atoms with Crippen LogP contribution in [0.25, 0.3) is 88.0 Å². The Hall–Kier alpha value is -6.64. The van der Waals surface area contributed by atoms with Gasteiger partial charge in [0.25, 0.3) is 0 Å². The Balaban J connectivity index is 1.19. The lowest BCUT2D eigenvalue weighted by atomic mass is 9.80. The monoisotopic (exact) mass is 664 g/mol. The van der Waals surface area contributed by atoms with E-state index in [4.69, 9.17) is 9.15 Å². The highest BCUT2D eigenvalue weighted by Crippen LogP contribution is 2.54. The summed E-state index contributed by atoms with van der Waals surface area (Å²) in [5, 5.41) is 7.18. The van der Waals surface area contributed by atoms with Crippen molar-refractivity contribution in [2.45, 2.75) is 12.0 Å². The Bertz CT molecular complexity index is 2890. The number of furan rings is 1. The molecule has 0 saturated carbocycles. The minimum absolute atomic E-state index is 0.0582. The van der Waals surface area contributed by atoms with Gasteiger partial charge >= 0.3 is 0 Å². The first-order valence-corrected chi connectivity index (χ1v) is 18.0. The van der Waals surface area contributed by atoms with Gasteiger partial charge < -0.3 is 9.15 Å². The summed E-state index contributed by atoms with van der Waals surface area (Å²) in [7, 11) is 0. The third kappa shape index (κ3) is 4.31. The number of para-hydroxylation sites is 1. The molecule has 2 heterocycles. The Morgan fingerprint density at radius 3 is 1.75 bits per heavy atom. The van der Waals surface area contributed by atoms with Gasteiger partial charge in [-0.2, -0.15) is 0 Å². The van der Waals surface area contributed by atoms with Gasteiger partial charge in [0, 0.05) is 27.8 Å². The number of allylic oxidation sites excluding steroid dienone is 2. The maximum absolute atomic E-state index is 6.99. The van der Waals surface area contributed by atoms with Crippen LogP contribution in [0.2, 0.25) is 0 Å². The van der Waals surface area contributed by atoms with Crippen molar-refractivity contribution in [3.63, 3.8) is 0 Å². The van der Waals surface area contributed by atoms with Crippen molar-refractivity contribution >= 4 is 43.5 Å². The van der Waals surface area contributed by atoms with E-state index in [-0.39, 0.29) is 12.0 Å². The van der Waals surface area contributed by atoms with E-state index in [1.807, 2.05) is 12.1 Å². The van der Waals surface area contributed by atoms with Crippen molar-refractivity contribution in [2.75, 3.05) is 0 Å². The molecule has 1 aromatic heterocycles. The van der Waals surface area contributed by atoms with E-state index in [9.17, 15) is 0 Å². The van der Waals surface area contributed by atoms with Crippen LogP contribution in [-0.2, 0) is 0 Å². The van der Waals surface area contributed by atoms with E-state index < -0.39 is 0 Å². The van der Waals surface area contributed by atoms with Crippen LogP contribution in [0, 0.1) is 0 Å². The minimum Gasteiger partial charge on any atom is -0.484 e. The van der Waals surface area contributed by atoms with Crippen LogP contribution in [0.1, 0.15) is 11.5 Å². The van der Waals surface area contributed by atoms with Crippen molar-refractivity contribution in [1.82, 2.24) is 0 Å². The lowest BCUT2D eigenvalue weighted by molar-refractivity contribution is 0.270. The Kier molecular flexibility index (Phi) is 6.41. The van der Waals surface area contributed by atoms with Gasteiger partial charge in [0.05, 0.1) is 0 Å². The molecular weight excluding hydrogens is 633 g/mol. The molecule has 0 saturated heterocycles. The summed E-state index contributed by atoms with van der Waals surface area (Å²) in [6, 6.07) is 56.8. The Labute approximate surface area is 301 Å². The lowest BCUT2D eigenvalue weighted by Gasteiger charge is -2.21. The molecule has 8 aromatic carbocycles. The van der Waals surface area contributed by atoms with Crippen LogP contribution in [0.15, 0.2) is 186 Å². The predicted octanol–water partition coefficient (Wildman–Crippen LogP) is 13.5. The van der Waals surface area contributed by atoms with Gasteiger partial charge in [-0.15, -0.1) is 0 Å². The quantitative estimate of drug-likeness (QED) is 0.175. The highest BCUT2D eigenvalue weighted by atomic mass is 16.5. The molecule has 2 aliphatic rings. The van der Waals surface area contributed by atoms with Crippen LogP contribution < -0.4 is 4.74 Å². The molecule has 244 valence electrons. The molecule has 0 amide bonds. The zero-order chi connectivity index (χ0) is 34.2.